The normalized spacial score (nSPS) is 11.7. The highest BCUT2D eigenvalue weighted by molar-refractivity contribution is 7.90. The third kappa shape index (κ3) is 2.59. The van der Waals surface area contributed by atoms with E-state index >= 15 is 0 Å². The van der Waals surface area contributed by atoms with Gasteiger partial charge >= 0.3 is 0 Å². The van der Waals surface area contributed by atoms with E-state index in [2.05, 4.69) is 5.10 Å². The predicted molar refractivity (Wildman–Crippen MR) is 65.2 cm³/mol. The fourth-order valence-electron chi connectivity index (χ4n) is 1.72. The quantitative estimate of drug-likeness (QED) is 0.798. The van der Waals surface area contributed by atoms with Crippen LogP contribution in [-0.4, -0.2) is 18.2 Å². The smallest absolute Gasteiger partial charge is 0.184 e. The van der Waals surface area contributed by atoms with Gasteiger partial charge in [-0.2, -0.15) is 5.10 Å². The summed E-state index contributed by atoms with van der Waals surface area (Å²) >= 11 is 0. The highest BCUT2D eigenvalue weighted by Crippen LogP contribution is 2.17. The number of hydrogen-bond donors (Lipinski definition) is 0. The number of nitrogens with zero attached hydrogens (tertiary/aromatic N) is 2. The summed E-state index contributed by atoms with van der Waals surface area (Å²) in [5.41, 5.74) is 1.37. The minimum atomic E-state index is -3.47. The van der Waals surface area contributed by atoms with Crippen molar-refractivity contribution < 1.29 is 12.8 Å². The van der Waals surface area contributed by atoms with Gasteiger partial charge in [0.15, 0.2) is 9.84 Å². The zero-order valence-corrected chi connectivity index (χ0v) is 10.9. The van der Waals surface area contributed by atoms with Gasteiger partial charge in [0.25, 0.3) is 0 Å². The Morgan fingerprint density at radius 2 is 1.89 bits per heavy atom. The molecule has 0 saturated carbocycles. The van der Waals surface area contributed by atoms with Crippen LogP contribution in [-0.2, 0) is 22.6 Å². The molecule has 0 aliphatic carbocycles. The minimum absolute atomic E-state index is 0.114. The molecular formula is C12H13FN2O2S. The SMILES string of the molecule is Cc1cc(CS(=O)(=O)c2ccc(F)cc2)n(C)n1. The maximum atomic E-state index is 12.8. The van der Waals surface area contributed by atoms with Crippen LogP contribution in [0.15, 0.2) is 35.2 Å². The van der Waals surface area contributed by atoms with Crippen molar-refractivity contribution in [1.29, 1.82) is 0 Å². The van der Waals surface area contributed by atoms with E-state index in [1.807, 2.05) is 0 Å². The molecule has 0 aliphatic rings. The van der Waals surface area contributed by atoms with E-state index in [4.69, 9.17) is 0 Å². The molecule has 0 bridgehead atoms. The van der Waals surface area contributed by atoms with E-state index < -0.39 is 15.7 Å². The highest BCUT2D eigenvalue weighted by atomic mass is 32.2. The average molecular weight is 268 g/mol. The molecule has 0 aliphatic heterocycles. The van der Waals surface area contributed by atoms with Crippen molar-refractivity contribution in [2.24, 2.45) is 7.05 Å². The largest absolute Gasteiger partial charge is 0.271 e. The summed E-state index contributed by atoms with van der Waals surface area (Å²) in [4.78, 5) is 0.114. The maximum Gasteiger partial charge on any atom is 0.184 e. The van der Waals surface area contributed by atoms with Crippen LogP contribution < -0.4 is 0 Å². The summed E-state index contributed by atoms with van der Waals surface area (Å²) in [6.07, 6.45) is 0. The molecule has 0 radical (unpaired) electrons. The first kappa shape index (κ1) is 12.8. The van der Waals surface area contributed by atoms with Gasteiger partial charge in [-0.3, -0.25) is 4.68 Å². The molecule has 18 heavy (non-hydrogen) atoms. The van der Waals surface area contributed by atoms with Gasteiger partial charge in [-0.25, -0.2) is 12.8 Å². The zero-order valence-electron chi connectivity index (χ0n) is 10.1. The molecule has 0 spiro atoms. The van der Waals surface area contributed by atoms with Gasteiger partial charge in [-0.1, -0.05) is 0 Å². The third-order valence-electron chi connectivity index (χ3n) is 2.61. The molecule has 1 heterocycles. The lowest BCUT2D eigenvalue weighted by molar-refractivity contribution is 0.590. The van der Waals surface area contributed by atoms with E-state index in [1.54, 1.807) is 20.0 Å². The Morgan fingerprint density at radius 1 is 1.28 bits per heavy atom. The third-order valence-corrected chi connectivity index (χ3v) is 4.28. The molecule has 2 aromatic rings. The van der Waals surface area contributed by atoms with Gasteiger partial charge < -0.3 is 0 Å². The average Bonchev–Trinajstić information content (AvgIpc) is 2.57. The van der Waals surface area contributed by atoms with Crippen LogP contribution in [0.3, 0.4) is 0 Å². The van der Waals surface area contributed by atoms with Crippen molar-refractivity contribution in [2.75, 3.05) is 0 Å². The van der Waals surface area contributed by atoms with Crippen LogP contribution in [0.1, 0.15) is 11.4 Å². The Balaban J connectivity index is 2.33. The second-order valence-electron chi connectivity index (χ2n) is 4.11. The lowest BCUT2D eigenvalue weighted by Crippen LogP contribution is -2.08. The molecule has 0 atom stereocenters. The molecule has 6 heteroatoms. The molecule has 0 N–H and O–H groups in total. The van der Waals surface area contributed by atoms with E-state index in [9.17, 15) is 12.8 Å². The number of sulfone groups is 1. The summed E-state index contributed by atoms with van der Waals surface area (Å²) in [5, 5.41) is 4.10. The number of benzene rings is 1. The van der Waals surface area contributed by atoms with Gasteiger partial charge in [-0.15, -0.1) is 0 Å². The molecule has 0 unspecified atom stereocenters. The molecular weight excluding hydrogens is 255 g/mol. The number of rotatable bonds is 3. The first-order chi connectivity index (χ1) is 8.38. The number of aromatic nitrogens is 2. The van der Waals surface area contributed by atoms with Crippen molar-refractivity contribution in [3.8, 4) is 0 Å². The molecule has 0 saturated heterocycles. The van der Waals surface area contributed by atoms with E-state index in [0.29, 0.717) is 5.69 Å². The van der Waals surface area contributed by atoms with E-state index in [1.165, 1.54) is 16.8 Å². The predicted octanol–water partition coefficient (Wildman–Crippen LogP) is 1.84. The summed E-state index contributed by atoms with van der Waals surface area (Å²) in [6.45, 7) is 1.80. The van der Waals surface area contributed by atoms with Crippen LogP contribution in [0, 0.1) is 12.7 Å². The second-order valence-corrected chi connectivity index (χ2v) is 6.10. The standard InChI is InChI=1S/C12H13FN2O2S/c1-9-7-11(15(2)14-9)8-18(16,17)12-5-3-10(13)4-6-12/h3-7H,8H2,1-2H3. The molecule has 2 rings (SSSR count). The van der Waals surface area contributed by atoms with Crippen LogP contribution in [0.4, 0.5) is 4.39 Å². The van der Waals surface area contributed by atoms with Crippen LogP contribution >= 0.6 is 0 Å². The van der Waals surface area contributed by atoms with Crippen LogP contribution in [0.2, 0.25) is 0 Å². The fourth-order valence-corrected chi connectivity index (χ4v) is 3.10. The summed E-state index contributed by atoms with van der Waals surface area (Å²) in [7, 11) is -1.77. The Labute approximate surface area is 105 Å². The topological polar surface area (TPSA) is 52.0 Å². The van der Waals surface area contributed by atoms with Crippen molar-refractivity contribution >= 4 is 9.84 Å². The Bertz CT molecular complexity index is 660. The minimum Gasteiger partial charge on any atom is -0.271 e. The van der Waals surface area contributed by atoms with Crippen molar-refractivity contribution in [2.45, 2.75) is 17.6 Å². The van der Waals surface area contributed by atoms with E-state index in [0.717, 1.165) is 17.8 Å². The number of hydrogen-bond acceptors (Lipinski definition) is 3. The van der Waals surface area contributed by atoms with Gasteiger partial charge in [0, 0.05) is 7.05 Å². The van der Waals surface area contributed by atoms with Gasteiger partial charge in [0.1, 0.15) is 5.82 Å². The van der Waals surface area contributed by atoms with Crippen molar-refractivity contribution in [3.63, 3.8) is 0 Å². The Kier molecular flexibility index (Phi) is 3.21. The number of aryl methyl sites for hydroxylation is 2. The van der Waals surface area contributed by atoms with Gasteiger partial charge in [-0.05, 0) is 37.3 Å². The molecule has 0 fully saturated rings. The molecule has 1 aromatic carbocycles. The zero-order chi connectivity index (χ0) is 13.3. The summed E-state index contributed by atoms with van der Waals surface area (Å²) in [6, 6.07) is 6.55. The first-order valence-corrected chi connectivity index (χ1v) is 7.01. The summed E-state index contributed by atoms with van der Waals surface area (Å²) in [5.74, 6) is -0.596. The Hall–Kier alpha value is -1.69. The van der Waals surface area contributed by atoms with Crippen molar-refractivity contribution in [1.82, 2.24) is 9.78 Å². The van der Waals surface area contributed by atoms with Gasteiger partial charge in [0.05, 0.1) is 22.0 Å². The second kappa shape index (κ2) is 4.53. The molecule has 1 aromatic heterocycles. The monoisotopic (exact) mass is 268 g/mol. The van der Waals surface area contributed by atoms with Gasteiger partial charge in [0.2, 0.25) is 0 Å². The van der Waals surface area contributed by atoms with E-state index in [-0.39, 0.29) is 10.6 Å². The number of halogens is 1. The Morgan fingerprint density at radius 3 is 2.39 bits per heavy atom. The van der Waals surface area contributed by atoms with Crippen LogP contribution in [0.5, 0.6) is 0 Å². The first-order valence-electron chi connectivity index (χ1n) is 5.36. The molecule has 4 nitrogen and oxygen atoms in total. The van der Waals surface area contributed by atoms with Crippen LogP contribution in [0.25, 0.3) is 0 Å². The fraction of sp³-hybridized carbons (Fsp3) is 0.250. The van der Waals surface area contributed by atoms with Crippen molar-refractivity contribution in [3.05, 3.63) is 47.5 Å². The summed E-state index contributed by atoms with van der Waals surface area (Å²) < 4.78 is 38.5. The lowest BCUT2D eigenvalue weighted by Gasteiger charge is -2.04. The lowest BCUT2D eigenvalue weighted by atomic mass is 10.3. The molecule has 0 amide bonds. The maximum absolute atomic E-state index is 12.8. The highest BCUT2D eigenvalue weighted by Gasteiger charge is 2.17. The molecule has 96 valence electrons.